The minimum Gasteiger partial charge on any atom is -0.383 e. The molecule has 0 amide bonds. The van der Waals surface area contributed by atoms with Crippen molar-refractivity contribution in [3.8, 4) is 0 Å². The van der Waals surface area contributed by atoms with E-state index in [0.29, 0.717) is 6.61 Å². The lowest BCUT2D eigenvalue weighted by Crippen LogP contribution is -2.09. The first-order chi connectivity index (χ1) is 5.74. The average molecular weight is 169 g/mol. The Morgan fingerprint density at radius 1 is 1.75 bits per heavy atom. The van der Waals surface area contributed by atoms with Gasteiger partial charge in [0.25, 0.3) is 0 Å². The highest BCUT2D eigenvalue weighted by Crippen LogP contribution is 2.04. The Bertz CT molecular complexity index is 232. The maximum Gasteiger partial charge on any atom is 0.0788 e. The second kappa shape index (κ2) is 4.23. The van der Waals surface area contributed by atoms with Crippen molar-refractivity contribution in [1.82, 2.24) is 9.78 Å². The monoisotopic (exact) mass is 169 g/mol. The highest BCUT2D eigenvalue weighted by atomic mass is 16.5. The van der Waals surface area contributed by atoms with E-state index in [4.69, 9.17) is 10.5 Å². The topological polar surface area (TPSA) is 53.1 Å². The molecule has 2 N–H and O–H groups in total. The number of nitrogens with two attached hydrogens (primary N) is 1. The Morgan fingerprint density at radius 3 is 3.00 bits per heavy atom. The Labute approximate surface area is 72.3 Å². The fourth-order valence-corrected chi connectivity index (χ4v) is 0.930. The van der Waals surface area contributed by atoms with Gasteiger partial charge in [0.2, 0.25) is 0 Å². The second-order valence-corrected chi connectivity index (χ2v) is 2.79. The Balaban J connectivity index is 2.52. The molecule has 4 nitrogen and oxygen atoms in total. The van der Waals surface area contributed by atoms with Gasteiger partial charge in [0.05, 0.1) is 18.8 Å². The first-order valence-corrected chi connectivity index (χ1v) is 4.02. The van der Waals surface area contributed by atoms with Crippen molar-refractivity contribution in [2.24, 2.45) is 5.73 Å². The van der Waals surface area contributed by atoms with Crippen molar-refractivity contribution in [2.75, 3.05) is 13.7 Å². The smallest absolute Gasteiger partial charge is 0.0788 e. The van der Waals surface area contributed by atoms with Crippen molar-refractivity contribution in [3.05, 3.63) is 18.0 Å². The van der Waals surface area contributed by atoms with Crippen LogP contribution in [0.25, 0.3) is 0 Å². The molecule has 0 aliphatic carbocycles. The van der Waals surface area contributed by atoms with Gasteiger partial charge in [-0.1, -0.05) is 0 Å². The summed E-state index contributed by atoms with van der Waals surface area (Å²) < 4.78 is 6.76. The van der Waals surface area contributed by atoms with Gasteiger partial charge in [-0.2, -0.15) is 5.10 Å². The van der Waals surface area contributed by atoms with Gasteiger partial charge in [0.1, 0.15) is 0 Å². The van der Waals surface area contributed by atoms with E-state index >= 15 is 0 Å². The molecule has 0 saturated heterocycles. The third-order valence-electron chi connectivity index (χ3n) is 1.65. The van der Waals surface area contributed by atoms with Gasteiger partial charge >= 0.3 is 0 Å². The zero-order chi connectivity index (χ0) is 8.97. The van der Waals surface area contributed by atoms with Crippen LogP contribution in [0.2, 0.25) is 0 Å². The molecule has 0 aliphatic rings. The molecule has 0 aromatic carbocycles. The van der Waals surface area contributed by atoms with Crippen LogP contribution < -0.4 is 5.73 Å². The number of nitrogens with zero attached hydrogens (tertiary/aromatic N) is 2. The molecule has 4 heteroatoms. The molecule has 0 radical (unpaired) electrons. The minimum atomic E-state index is 0.00814. The number of hydrogen-bond acceptors (Lipinski definition) is 3. The fourth-order valence-electron chi connectivity index (χ4n) is 0.930. The zero-order valence-corrected chi connectivity index (χ0v) is 7.53. The quantitative estimate of drug-likeness (QED) is 0.716. The third-order valence-corrected chi connectivity index (χ3v) is 1.65. The molecule has 0 fully saturated rings. The van der Waals surface area contributed by atoms with Crippen LogP contribution in [-0.4, -0.2) is 23.5 Å². The molecule has 1 heterocycles. The number of hydrogen-bond donors (Lipinski definition) is 1. The second-order valence-electron chi connectivity index (χ2n) is 2.79. The standard InChI is InChI=1S/C8H15N3O/c1-7(9)8-3-4-11(10-8)5-6-12-2/h3-4,7H,5-6,9H2,1-2H3. The summed E-state index contributed by atoms with van der Waals surface area (Å²) in [7, 11) is 1.68. The third kappa shape index (κ3) is 2.32. The Hall–Kier alpha value is -0.870. The Morgan fingerprint density at radius 2 is 2.50 bits per heavy atom. The molecule has 1 unspecified atom stereocenters. The number of ether oxygens (including phenoxy) is 1. The summed E-state index contributed by atoms with van der Waals surface area (Å²) in [5.74, 6) is 0. The Kier molecular flexibility index (Phi) is 3.25. The molecule has 68 valence electrons. The van der Waals surface area contributed by atoms with E-state index in [-0.39, 0.29) is 6.04 Å². The maximum absolute atomic E-state index is 5.65. The lowest BCUT2D eigenvalue weighted by Gasteiger charge is -2.00. The van der Waals surface area contributed by atoms with Crippen LogP contribution in [0, 0.1) is 0 Å². The van der Waals surface area contributed by atoms with Crippen molar-refractivity contribution in [3.63, 3.8) is 0 Å². The molecular weight excluding hydrogens is 154 g/mol. The summed E-state index contributed by atoms with van der Waals surface area (Å²) in [5.41, 5.74) is 6.57. The SMILES string of the molecule is COCCn1ccc(C(C)N)n1. The van der Waals surface area contributed by atoms with Gasteiger partial charge in [0.15, 0.2) is 0 Å². The molecule has 12 heavy (non-hydrogen) atoms. The van der Waals surface area contributed by atoms with Gasteiger partial charge in [-0.3, -0.25) is 4.68 Å². The summed E-state index contributed by atoms with van der Waals surface area (Å²) in [6.07, 6.45) is 1.91. The lowest BCUT2D eigenvalue weighted by molar-refractivity contribution is 0.183. The molecule has 0 spiro atoms. The normalized spacial score (nSPS) is 13.2. The van der Waals surface area contributed by atoms with Crippen LogP contribution in [0.5, 0.6) is 0 Å². The van der Waals surface area contributed by atoms with E-state index in [2.05, 4.69) is 5.10 Å². The maximum atomic E-state index is 5.65. The molecule has 0 saturated carbocycles. The van der Waals surface area contributed by atoms with E-state index in [0.717, 1.165) is 12.2 Å². The van der Waals surface area contributed by atoms with E-state index < -0.39 is 0 Å². The van der Waals surface area contributed by atoms with Crippen LogP contribution in [0.15, 0.2) is 12.3 Å². The largest absolute Gasteiger partial charge is 0.383 e. The number of aromatic nitrogens is 2. The molecule has 0 aliphatic heterocycles. The van der Waals surface area contributed by atoms with Gasteiger partial charge in [-0.15, -0.1) is 0 Å². The summed E-state index contributed by atoms with van der Waals surface area (Å²) in [6.45, 7) is 3.38. The molecule has 1 aromatic heterocycles. The van der Waals surface area contributed by atoms with E-state index in [1.165, 1.54) is 0 Å². The van der Waals surface area contributed by atoms with Crippen molar-refractivity contribution < 1.29 is 4.74 Å². The zero-order valence-electron chi connectivity index (χ0n) is 7.53. The average Bonchev–Trinajstić information content (AvgIpc) is 2.48. The van der Waals surface area contributed by atoms with Gasteiger partial charge in [0, 0.05) is 19.3 Å². The van der Waals surface area contributed by atoms with Crippen LogP contribution >= 0.6 is 0 Å². The van der Waals surface area contributed by atoms with Crippen molar-refractivity contribution >= 4 is 0 Å². The summed E-state index contributed by atoms with van der Waals surface area (Å²) >= 11 is 0. The van der Waals surface area contributed by atoms with Crippen LogP contribution in [0.3, 0.4) is 0 Å². The van der Waals surface area contributed by atoms with Crippen LogP contribution in [0.4, 0.5) is 0 Å². The van der Waals surface area contributed by atoms with Gasteiger partial charge in [-0.05, 0) is 13.0 Å². The molecule has 1 atom stereocenters. The predicted octanol–water partition coefficient (Wildman–Crippen LogP) is 0.549. The summed E-state index contributed by atoms with van der Waals surface area (Å²) in [6, 6.07) is 1.94. The summed E-state index contributed by atoms with van der Waals surface area (Å²) in [5, 5.41) is 4.26. The van der Waals surface area contributed by atoms with Crippen molar-refractivity contribution in [2.45, 2.75) is 19.5 Å². The minimum absolute atomic E-state index is 0.00814. The number of methoxy groups -OCH3 is 1. The van der Waals surface area contributed by atoms with E-state index in [9.17, 15) is 0 Å². The highest BCUT2D eigenvalue weighted by Gasteiger charge is 2.02. The molecule has 1 rings (SSSR count). The summed E-state index contributed by atoms with van der Waals surface area (Å²) in [4.78, 5) is 0. The van der Waals surface area contributed by atoms with Crippen LogP contribution in [0.1, 0.15) is 18.7 Å². The van der Waals surface area contributed by atoms with Gasteiger partial charge < -0.3 is 10.5 Å². The highest BCUT2D eigenvalue weighted by molar-refractivity contribution is 5.02. The van der Waals surface area contributed by atoms with E-state index in [1.54, 1.807) is 7.11 Å². The fraction of sp³-hybridized carbons (Fsp3) is 0.625. The molecule has 1 aromatic rings. The van der Waals surface area contributed by atoms with Gasteiger partial charge in [-0.25, -0.2) is 0 Å². The first-order valence-electron chi connectivity index (χ1n) is 4.02. The lowest BCUT2D eigenvalue weighted by atomic mass is 10.3. The van der Waals surface area contributed by atoms with E-state index in [1.807, 2.05) is 23.9 Å². The van der Waals surface area contributed by atoms with Crippen LogP contribution in [-0.2, 0) is 11.3 Å². The first kappa shape index (κ1) is 9.22. The molecule has 0 bridgehead atoms. The molecular formula is C8H15N3O. The predicted molar refractivity (Wildman–Crippen MR) is 46.7 cm³/mol. The van der Waals surface area contributed by atoms with Crippen molar-refractivity contribution in [1.29, 1.82) is 0 Å². The number of rotatable bonds is 4.